The first-order chi connectivity index (χ1) is 9.54. The lowest BCUT2D eigenvalue weighted by molar-refractivity contribution is 0.200. The topological polar surface area (TPSA) is 20.2 Å². The SMILES string of the molecule is OC(CSc1cccc(F)c1)Cc1ccc(F)c(Cl)c1. The molecular weight excluding hydrogens is 302 g/mol. The first-order valence-corrected chi connectivity index (χ1v) is 7.41. The van der Waals surface area contributed by atoms with Gasteiger partial charge in [0.15, 0.2) is 0 Å². The van der Waals surface area contributed by atoms with Gasteiger partial charge in [-0.1, -0.05) is 23.7 Å². The normalized spacial score (nSPS) is 12.4. The van der Waals surface area contributed by atoms with Crippen molar-refractivity contribution < 1.29 is 13.9 Å². The highest BCUT2D eigenvalue weighted by Gasteiger charge is 2.09. The van der Waals surface area contributed by atoms with E-state index in [4.69, 9.17) is 11.6 Å². The highest BCUT2D eigenvalue weighted by molar-refractivity contribution is 7.99. The van der Waals surface area contributed by atoms with Crippen LogP contribution in [0, 0.1) is 11.6 Å². The number of aliphatic hydroxyl groups excluding tert-OH is 1. The summed E-state index contributed by atoms with van der Waals surface area (Å²) in [6.07, 6.45) is -0.229. The molecule has 0 radical (unpaired) electrons. The Morgan fingerprint density at radius 1 is 1.15 bits per heavy atom. The van der Waals surface area contributed by atoms with Crippen LogP contribution in [-0.2, 0) is 6.42 Å². The summed E-state index contributed by atoms with van der Waals surface area (Å²) in [4.78, 5) is 0.765. The van der Waals surface area contributed by atoms with Crippen LogP contribution < -0.4 is 0 Å². The predicted molar refractivity (Wildman–Crippen MR) is 78.2 cm³/mol. The second-order valence-electron chi connectivity index (χ2n) is 4.37. The van der Waals surface area contributed by atoms with E-state index in [1.165, 1.54) is 36.0 Å². The maximum atomic E-state index is 13.0. The molecule has 0 aliphatic rings. The van der Waals surface area contributed by atoms with E-state index in [0.29, 0.717) is 12.2 Å². The molecule has 1 N–H and O–H groups in total. The smallest absolute Gasteiger partial charge is 0.141 e. The summed E-state index contributed by atoms with van der Waals surface area (Å²) in [5, 5.41) is 9.99. The van der Waals surface area contributed by atoms with Gasteiger partial charge in [0, 0.05) is 10.6 Å². The summed E-state index contributed by atoms with van der Waals surface area (Å²) in [7, 11) is 0. The summed E-state index contributed by atoms with van der Waals surface area (Å²) < 4.78 is 26.0. The number of aliphatic hydroxyl groups is 1. The van der Waals surface area contributed by atoms with Gasteiger partial charge < -0.3 is 5.11 Å². The van der Waals surface area contributed by atoms with Crippen LogP contribution in [0.4, 0.5) is 8.78 Å². The standard InChI is InChI=1S/C15H13ClF2OS/c16-14-7-10(4-5-15(14)18)6-12(19)9-20-13-3-1-2-11(17)8-13/h1-5,7-8,12,19H,6,9H2. The number of hydrogen-bond donors (Lipinski definition) is 1. The number of thioether (sulfide) groups is 1. The fourth-order valence-electron chi connectivity index (χ4n) is 1.75. The maximum absolute atomic E-state index is 13.0. The third-order valence-corrected chi connectivity index (χ3v) is 4.12. The lowest BCUT2D eigenvalue weighted by atomic mass is 10.1. The van der Waals surface area contributed by atoms with Crippen molar-refractivity contribution in [2.45, 2.75) is 17.4 Å². The molecule has 1 nitrogen and oxygen atoms in total. The molecule has 0 aliphatic heterocycles. The molecular formula is C15H13ClF2OS. The predicted octanol–water partition coefficient (Wildman–Crippen LogP) is 4.31. The molecule has 0 saturated heterocycles. The summed E-state index contributed by atoms with van der Waals surface area (Å²) in [5.41, 5.74) is 0.767. The van der Waals surface area contributed by atoms with Crippen LogP contribution in [0.5, 0.6) is 0 Å². The molecule has 1 atom stereocenters. The summed E-state index contributed by atoms with van der Waals surface area (Å²) in [6, 6.07) is 10.6. The van der Waals surface area contributed by atoms with Crippen molar-refractivity contribution in [1.82, 2.24) is 0 Å². The van der Waals surface area contributed by atoms with E-state index >= 15 is 0 Å². The van der Waals surface area contributed by atoms with E-state index < -0.39 is 11.9 Å². The van der Waals surface area contributed by atoms with Crippen molar-refractivity contribution in [1.29, 1.82) is 0 Å². The van der Waals surface area contributed by atoms with Crippen molar-refractivity contribution in [3.05, 3.63) is 64.7 Å². The van der Waals surface area contributed by atoms with E-state index in [0.717, 1.165) is 10.5 Å². The molecule has 1 unspecified atom stereocenters. The van der Waals surface area contributed by atoms with Gasteiger partial charge in [-0.3, -0.25) is 0 Å². The van der Waals surface area contributed by atoms with Gasteiger partial charge in [0.05, 0.1) is 11.1 Å². The zero-order chi connectivity index (χ0) is 14.5. The van der Waals surface area contributed by atoms with Gasteiger partial charge >= 0.3 is 0 Å². The lowest BCUT2D eigenvalue weighted by Gasteiger charge is -2.11. The van der Waals surface area contributed by atoms with Crippen LogP contribution in [0.2, 0.25) is 5.02 Å². The van der Waals surface area contributed by atoms with Gasteiger partial charge in [0.25, 0.3) is 0 Å². The molecule has 0 spiro atoms. The van der Waals surface area contributed by atoms with Crippen LogP contribution in [0.15, 0.2) is 47.4 Å². The third kappa shape index (κ3) is 4.47. The van der Waals surface area contributed by atoms with Gasteiger partial charge in [-0.15, -0.1) is 11.8 Å². The zero-order valence-electron chi connectivity index (χ0n) is 10.5. The fraction of sp³-hybridized carbons (Fsp3) is 0.200. The van der Waals surface area contributed by atoms with Gasteiger partial charge in [-0.05, 0) is 42.3 Å². The summed E-state index contributed by atoms with van der Waals surface area (Å²) in [6.45, 7) is 0. The van der Waals surface area contributed by atoms with Crippen molar-refractivity contribution in [2.24, 2.45) is 0 Å². The van der Waals surface area contributed by atoms with E-state index in [-0.39, 0.29) is 10.8 Å². The van der Waals surface area contributed by atoms with E-state index in [2.05, 4.69) is 0 Å². The molecule has 2 rings (SSSR count). The van der Waals surface area contributed by atoms with Gasteiger partial charge in [-0.2, -0.15) is 0 Å². The van der Waals surface area contributed by atoms with Crippen LogP contribution in [-0.4, -0.2) is 17.0 Å². The minimum absolute atomic E-state index is 0.0486. The van der Waals surface area contributed by atoms with Gasteiger partial charge in [0.1, 0.15) is 11.6 Å². The Balaban J connectivity index is 1.89. The Morgan fingerprint density at radius 3 is 2.65 bits per heavy atom. The minimum atomic E-state index is -0.607. The molecule has 0 bridgehead atoms. The number of rotatable bonds is 5. The van der Waals surface area contributed by atoms with Gasteiger partial charge in [0.2, 0.25) is 0 Å². The molecule has 0 amide bonds. The number of hydrogen-bond acceptors (Lipinski definition) is 2. The maximum Gasteiger partial charge on any atom is 0.141 e. The monoisotopic (exact) mass is 314 g/mol. The molecule has 0 fully saturated rings. The molecule has 0 heterocycles. The molecule has 2 aromatic carbocycles. The van der Waals surface area contributed by atoms with Crippen LogP contribution in [0.3, 0.4) is 0 Å². The Morgan fingerprint density at radius 2 is 1.95 bits per heavy atom. The van der Waals surface area contributed by atoms with Crippen LogP contribution in [0.1, 0.15) is 5.56 Å². The first-order valence-electron chi connectivity index (χ1n) is 6.05. The second kappa shape index (κ2) is 7.07. The van der Waals surface area contributed by atoms with E-state index in [1.54, 1.807) is 18.2 Å². The Kier molecular flexibility index (Phi) is 5.40. The molecule has 2 aromatic rings. The van der Waals surface area contributed by atoms with Crippen LogP contribution >= 0.6 is 23.4 Å². The Labute approximate surface area is 125 Å². The molecule has 5 heteroatoms. The summed E-state index contributed by atoms with van der Waals surface area (Å²) >= 11 is 7.06. The van der Waals surface area contributed by atoms with Crippen molar-refractivity contribution >= 4 is 23.4 Å². The first kappa shape index (κ1) is 15.3. The van der Waals surface area contributed by atoms with Crippen molar-refractivity contribution in [3.63, 3.8) is 0 Å². The van der Waals surface area contributed by atoms with Gasteiger partial charge in [-0.25, -0.2) is 8.78 Å². The molecule has 106 valence electrons. The van der Waals surface area contributed by atoms with Crippen LogP contribution in [0.25, 0.3) is 0 Å². The van der Waals surface area contributed by atoms with Crippen molar-refractivity contribution in [2.75, 3.05) is 5.75 Å². The average molecular weight is 315 g/mol. The minimum Gasteiger partial charge on any atom is -0.392 e. The second-order valence-corrected chi connectivity index (χ2v) is 5.88. The molecule has 20 heavy (non-hydrogen) atoms. The average Bonchev–Trinajstić information content (AvgIpc) is 2.41. The van der Waals surface area contributed by atoms with E-state index in [9.17, 15) is 13.9 Å². The molecule has 0 aliphatic carbocycles. The quantitative estimate of drug-likeness (QED) is 0.830. The van der Waals surface area contributed by atoms with E-state index in [1.807, 2.05) is 0 Å². The lowest BCUT2D eigenvalue weighted by Crippen LogP contribution is -2.13. The Hall–Kier alpha value is -1.10. The fourth-order valence-corrected chi connectivity index (χ4v) is 2.82. The number of halogens is 3. The van der Waals surface area contributed by atoms with Crippen molar-refractivity contribution in [3.8, 4) is 0 Å². The summed E-state index contributed by atoms with van der Waals surface area (Å²) in [5.74, 6) is -0.341. The highest BCUT2D eigenvalue weighted by atomic mass is 35.5. The highest BCUT2D eigenvalue weighted by Crippen LogP contribution is 2.22. The third-order valence-electron chi connectivity index (χ3n) is 2.69. The zero-order valence-corrected chi connectivity index (χ0v) is 12.1. The number of benzene rings is 2. The largest absolute Gasteiger partial charge is 0.392 e. The molecule has 0 saturated carbocycles. The Bertz CT molecular complexity index is 592. The molecule has 0 aromatic heterocycles.